The molecule has 0 aliphatic heterocycles. The van der Waals surface area contributed by atoms with Crippen LogP contribution in [0, 0.1) is 20.8 Å². The van der Waals surface area contributed by atoms with Crippen molar-refractivity contribution in [3.05, 3.63) is 45.7 Å². The summed E-state index contributed by atoms with van der Waals surface area (Å²) in [5, 5.41) is 16.0. The molecule has 27 heavy (non-hydrogen) atoms. The molecule has 1 atom stereocenters. The number of nitrogens with zero attached hydrogens (tertiary/aromatic N) is 6. The number of carbonyl (C=O) groups excluding carboxylic acids is 1. The van der Waals surface area contributed by atoms with Gasteiger partial charge in [-0.25, -0.2) is 0 Å². The smallest absolute Gasteiger partial charge is 0.249 e. The first-order chi connectivity index (χ1) is 12.8. The minimum absolute atomic E-state index is 0.136. The minimum atomic E-state index is -0.427. The van der Waals surface area contributed by atoms with E-state index in [0.29, 0.717) is 12.2 Å². The maximum absolute atomic E-state index is 12.6. The Labute approximate surface area is 166 Å². The van der Waals surface area contributed by atoms with Crippen molar-refractivity contribution in [2.75, 3.05) is 5.32 Å². The SMILES string of the molecule is CCn1ncc(Cn2cc(NC(=O)C(C)n3nc(C)c(Br)c3C)cn2)c1C. The third-order valence-corrected chi connectivity index (χ3v) is 5.87. The molecule has 0 bridgehead atoms. The summed E-state index contributed by atoms with van der Waals surface area (Å²) in [6.45, 7) is 11.2. The second kappa shape index (κ2) is 7.67. The van der Waals surface area contributed by atoms with Crippen LogP contribution in [-0.4, -0.2) is 35.2 Å². The fraction of sp³-hybridized carbons (Fsp3) is 0.444. The summed E-state index contributed by atoms with van der Waals surface area (Å²) in [4.78, 5) is 12.6. The van der Waals surface area contributed by atoms with Crippen LogP contribution in [0.4, 0.5) is 5.69 Å². The van der Waals surface area contributed by atoms with Gasteiger partial charge in [0.2, 0.25) is 5.91 Å². The molecule has 0 aromatic carbocycles. The summed E-state index contributed by atoms with van der Waals surface area (Å²) in [5.74, 6) is -0.136. The molecule has 144 valence electrons. The van der Waals surface area contributed by atoms with E-state index >= 15 is 0 Å². The fourth-order valence-electron chi connectivity index (χ4n) is 3.03. The largest absolute Gasteiger partial charge is 0.322 e. The van der Waals surface area contributed by atoms with E-state index in [2.05, 4.69) is 43.5 Å². The third-order valence-electron chi connectivity index (χ3n) is 4.72. The van der Waals surface area contributed by atoms with Crippen LogP contribution in [0.15, 0.2) is 23.1 Å². The second-order valence-corrected chi connectivity index (χ2v) is 7.39. The van der Waals surface area contributed by atoms with Gasteiger partial charge in [0, 0.05) is 24.0 Å². The van der Waals surface area contributed by atoms with E-state index in [4.69, 9.17) is 0 Å². The Kier molecular flexibility index (Phi) is 5.50. The van der Waals surface area contributed by atoms with Crippen molar-refractivity contribution in [3.8, 4) is 0 Å². The molecule has 3 aromatic heterocycles. The van der Waals surface area contributed by atoms with Gasteiger partial charge in [0.1, 0.15) is 6.04 Å². The Morgan fingerprint density at radius 2 is 1.96 bits per heavy atom. The average Bonchev–Trinajstić information content (AvgIpc) is 3.30. The van der Waals surface area contributed by atoms with Gasteiger partial charge in [-0.15, -0.1) is 0 Å². The molecule has 0 fully saturated rings. The summed E-state index contributed by atoms with van der Waals surface area (Å²) in [6.07, 6.45) is 5.34. The van der Waals surface area contributed by atoms with E-state index in [1.54, 1.807) is 15.6 Å². The number of nitrogens with one attached hydrogen (secondary N) is 1. The fourth-order valence-corrected chi connectivity index (χ4v) is 3.29. The quantitative estimate of drug-likeness (QED) is 0.646. The van der Waals surface area contributed by atoms with Crippen molar-refractivity contribution in [1.29, 1.82) is 0 Å². The number of amides is 1. The highest BCUT2D eigenvalue weighted by Crippen LogP contribution is 2.23. The molecule has 0 spiro atoms. The number of hydrogen-bond acceptors (Lipinski definition) is 4. The van der Waals surface area contributed by atoms with Crippen LogP contribution in [0.3, 0.4) is 0 Å². The summed E-state index contributed by atoms with van der Waals surface area (Å²) in [7, 11) is 0. The van der Waals surface area contributed by atoms with E-state index in [-0.39, 0.29) is 5.91 Å². The van der Waals surface area contributed by atoms with Gasteiger partial charge in [-0.3, -0.25) is 18.8 Å². The first-order valence-electron chi connectivity index (χ1n) is 8.87. The van der Waals surface area contributed by atoms with Crippen LogP contribution in [0.5, 0.6) is 0 Å². The van der Waals surface area contributed by atoms with E-state index in [0.717, 1.165) is 33.7 Å². The monoisotopic (exact) mass is 433 g/mol. The third kappa shape index (κ3) is 3.83. The normalized spacial score (nSPS) is 12.4. The standard InChI is InChI=1S/C18H24BrN7O/c1-6-25-12(3)15(7-21-25)9-24-10-16(8-20-24)22-18(27)14(5)26-13(4)17(19)11(2)23-26/h7-8,10,14H,6,9H2,1-5H3,(H,22,27). The van der Waals surface area contributed by atoms with Crippen LogP contribution in [0.1, 0.15) is 42.5 Å². The maximum Gasteiger partial charge on any atom is 0.249 e. The zero-order valence-electron chi connectivity index (χ0n) is 16.2. The second-order valence-electron chi connectivity index (χ2n) is 6.59. The lowest BCUT2D eigenvalue weighted by Crippen LogP contribution is -2.25. The van der Waals surface area contributed by atoms with Crippen molar-refractivity contribution < 1.29 is 4.79 Å². The molecular formula is C18H24BrN7O. The molecule has 0 aliphatic rings. The lowest BCUT2D eigenvalue weighted by Gasteiger charge is -2.13. The predicted octanol–water partition coefficient (Wildman–Crippen LogP) is 3.23. The first-order valence-corrected chi connectivity index (χ1v) is 9.66. The van der Waals surface area contributed by atoms with Gasteiger partial charge in [-0.05, 0) is 50.5 Å². The molecular weight excluding hydrogens is 410 g/mol. The highest BCUT2D eigenvalue weighted by Gasteiger charge is 2.21. The summed E-state index contributed by atoms with van der Waals surface area (Å²) in [5.41, 5.74) is 4.69. The topological polar surface area (TPSA) is 82.6 Å². The van der Waals surface area contributed by atoms with Gasteiger partial charge in [-0.1, -0.05) is 0 Å². The molecule has 0 radical (unpaired) electrons. The first kappa shape index (κ1) is 19.3. The van der Waals surface area contributed by atoms with E-state index in [1.165, 1.54) is 0 Å². The Hall–Kier alpha value is -2.42. The predicted molar refractivity (Wildman–Crippen MR) is 107 cm³/mol. The van der Waals surface area contributed by atoms with E-state index in [1.807, 2.05) is 44.8 Å². The molecule has 3 aromatic rings. The molecule has 1 unspecified atom stereocenters. The van der Waals surface area contributed by atoms with E-state index < -0.39 is 6.04 Å². The Morgan fingerprint density at radius 3 is 2.56 bits per heavy atom. The number of carbonyl (C=O) groups is 1. The number of anilines is 1. The lowest BCUT2D eigenvalue weighted by atomic mass is 10.2. The maximum atomic E-state index is 12.6. The molecule has 1 amide bonds. The van der Waals surface area contributed by atoms with Gasteiger partial charge in [0.15, 0.2) is 0 Å². The van der Waals surface area contributed by atoms with Gasteiger partial charge in [0.05, 0.1) is 40.5 Å². The van der Waals surface area contributed by atoms with Crippen molar-refractivity contribution in [2.24, 2.45) is 0 Å². The Bertz CT molecular complexity index is 969. The number of halogens is 1. The van der Waals surface area contributed by atoms with Crippen LogP contribution < -0.4 is 5.32 Å². The number of aromatic nitrogens is 6. The summed E-state index contributed by atoms with van der Waals surface area (Å²) < 4.78 is 6.40. The van der Waals surface area contributed by atoms with E-state index in [9.17, 15) is 4.79 Å². The van der Waals surface area contributed by atoms with Crippen LogP contribution in [-0.2, 0) is 17.9 Å². The minimum Gasteiger partial charge on any atom is -0.322 e. The molecule has 1 N–H and O–H groups in total. The van der Waals surface area contributed by atoms with Crippen molar-refractivity contribution in [2.45, 2.75) is 53.8 Å². The number of aryl methyl sites for hydroxylation is 2. The number of rotatable bonds is 6. The molecule has 3 rings (SSSR count). The summed E-state index contributed by atoms with van der Waals surface area (Å²) in [6, 6.07) is -0.427. The Balaban J connectivity index is 1.68. The summed E-state index contributed by atoms with van der Waals surface area (Å²) >= 11 is 3.50. The molecule has 0 saturated heterocycles. The van der Waals surface area contributed by atoms with Gasteiger partial charge >= 0.3 is 0 Å². The zero-order valence-corrected chi connectivity index (χ0v) is 17.8. The van der Waals surface area contributed by atoms with Crippen molar-refractivity contribution in [3.63, 3.8) is 0 Å². The molecule has 8 nitrogen and oxygen atoms in total. The molecule has 0 aliphatic carbocycles. The zero-order chi connectivity index (χ0) is 19.7. The number of hydrogen-bond donors (Lipinski definition) is 1. The highest BCUT2D eigenvalue weighted by molar-refractivity contribution is 9.10. The van der Waals surface area contributed by atoms with Crippen LogP contribution in [0.25, 0.3) is 0 Å². The Morgan fingerprint density at radius 1 is 1.22 bits per heavy atom. The van der Waals surface area contributed by atoms with Crippen molar-refractivity contribution in [1.82, 2.24) is 29.3 Å². The van der Waals surface area contributed by atoms with Crippen molar-refractivity contribution >= 4 is 27.5 Å². The molecule has 0 saturated carbocycles. The average molecular weight is 434 g/mol. The highest BCUT2D eigenvalue weighted by atomic mass is 79.9. The van der Waals surface area contributed by atoms with Gasteiger partial charge < -0.3 is 5.32 Å². The molecule has 9 heteroatoms. The molecule has 3 heterocycles. The van der Waals surface area contributed by atoms with Crippen LogP contribution >= 0.6 is 15.9 Å². The van der Waals surface area contributed by atoms with Crippen LogP contribution in [0.2, 0.25) is 0 Å². The van der Waals surface area contributed by atoms with Gasteiger partial charge in [-0.2, -0.15) is 15.3 Å². The lowest BCUT2D eigenvalue weighted by molar-refractivity contribution is -0.119. The van der Waals surface area contributed by atoms with Gasteiger partial charge in [0.25, 0.3) is 0 Å².